The Morgan fingerprint density at radius 1 is 0.774 bits per heavy atom. The number of carboxylic acids is 1. The first-order valence-corrected chi connectivity index (χ1v) is 12.5. The Morgan fingerprint density at radius 2 is 1.26 bits per heavy atom. The van der Waals surface area contributed by atoms with Crippen LogP contribution in [0, 0.1) is 5.92 Å². The van der Waals surface area contributed by atoms with Crippen LogP contribution in [0.1, 0.15) is 131 Å². The summed E-state index contributed by atoms with van der Waals surface area (Å²) < 4.78 is 5.73. The predicted octanol–water partition coefficient (Wildman–Crippen LogP) is 8.05. The lowest BCUT2D eigenvalue weighted by molar-refractivity contribution is 0.0245. The van der Waals surface area contributed by atoms with E-state index in [2.05, 4.69) is 20.8 Å². The minimum atomic E-state index is -1.10. The highest BCUT2D eigenvalue weighted by molar-refractivity contribution is 6.02. The first kappa shape index (κ1) is 27.2. The van der Waals surface area contributed by atoms with Gasteiger partial charge in [0, 0.05) is 0 Å². The summed E-state index contributed by atoms with van der Waals surface area (Å²) in [6, 6.07) is 6.28. The molecule has 0 amide bonds. The van der Waals surface area contributed by atoms with Crippen molar-refractivity contribution < 1.29 is 19.4 Å². The maximum atomic E-state index is 12.6. The topological polar surface area (TPSA) is 63.6 Å². The Hall–Kier alpha value is -1.84. The standard InChI is InChI=1S/C27H44O4/c1-4-5-18-23(31-27(30)25-21-16-15-20-24(25)26(28)29)19-14-12-10-8-6-7-9-11-13-17-22(2)3/h15-16,20-23H,4-14,17-19H2,1-3H3,(H,28,29). The Morgan fingerprint density at radius 3 is 1.77 bits per heavy atom. The van der Waals surface area contributed by atoms with Crippen LogP contribution in [0.4, 0.5) is 0 Å². The fraction of sp³-hybridized carbons (Fsp3) is 0.704. The van der Waals surface area contributed by atoms with E-state index in [1.54, 1.807) is 12.1 Å². The number of ether oxygens (including phenoxy) is 1. The molecule has 31 heavy (non-hydrogen) atoms. The van der Waals surface area contributed by atoms with Gasteiger partial charge in [0.15, 0.2) is 0 Å². The van der Waals surface area contributed by atoms with E-state index in [4.69, 9.17) is 4.74 Å². The molecule has 1 aromatic carbocycles. The van der Waals surface area contributed by atoms with Gasteiger partial charge in [-0.3, -0.25) is 0 Å². The summed E-state index contributed by atoms with van der Waals surface area (Å²) in [7, 11) is 0. The molecular formula is C27H44O4. The third kappa shape index (κ3) is 12.6. The first-order chi connectivity index (χ1) is 15.0. The van der Waals surface area contributed by atoms with E-state index in [0.717, 1.165) is 38.0 Å². The third-order valence-corrected chi connectivity index (χ3v) is 5.84. The van der Waals surface area contributed by atoms with Gasteiger partial charge >= 0.3 is 11.9 Å². The average Bonchev–Trinajstić information content (AvgIpc) is 2.75. The highest BCUT2D eigenvalue weighted by Gasteiger charge is 2.20. The van der Waals surface area contributed by atoms with Crippen molar-refractivity contribution in [3.63, 3.8) is 0 Å². The monoisotopic (exact) mass is 432 g/mol. The van der Waals surface area contributed by atoms with Crippen molar-refractivity contribution in [2.45, 2.75) is 117 Å². The normalized spacial score (nSPS) is 12.1. The van der Waals surface area contributed by atoms with Crippen LogP contribution in [-0.4, -0.2) is 23.1 Å². The summed E-state index contributed by atoms with van der Waals surface area (Å²) in [5, 5.41) is 9.31. The molecule has 0 aromatic heterocycles. The molecule has 1 aromatic rings. The van der Waals surface area contributed by atoms with Crippen molar-refractivity contribution in [1.82, 2.24) is 0 Å². The molecule has 1 rings (SSSR count). The second kappa shape index (κ2) is 16.8. The van der Waals surface area contributed by atoms with Crippen molar-refractivity contribution in [3.8, 4) is 0 Å². The molecule has 0 saturated heterocycles. The molecule has 0 aliphatic heterocycles. The third-order valence-electron chi connectivity index (χ3n) is 5.84. The Bertz CT molecular complexity index is 623. The fourth-order valence-corrected chi connectivity index (χ4v) is 3.92. The molecule has 176 valence electrons. The Balaban J connectivity index is 2.29. The number of benzene rings is 1. The molecule has 0 fully saturated rings. The van der Waals surface area contributed by atoms with Crippen LogP contribution in [0.2, 0.25) is 0 Å². The predicted molar refractivity (Wildman–Crippen MR) is 128 cm³/mol. The Kier molecular flexibility index (Phi) is 14.7. The molecule has 0 spiro atoms. The maximum Gasteiger partial charge on any atom is 0.339 e. The lowest BCUT2D eigenvalue weighted by atomic mass is 10.0. The minimum Gasteiger partial charge on any atom is -0.478 e. The van der Waals surface area contributed by atoms with Gasteiger partial charge in [-0.05, 0) is 37.3 Å². The fourth-order valence-electron chi connectivity index (χ4n) is 3.92. The molecular weight excluding hydrogens is 388 g/mol. The lowest BCUT2D eigenvalue weighted by Crippen LogP contribution is -2.20. The summed E-state index contributed by atoms with van der Waals surface area (Å²) in [4.78, 5) is 24.0. The van der Waals surface area contributed by atoms with Crippen molar-refractivity contribution in [1.29, 1.82) is 0 Å². The van der Waals surface area contributed by atoms with Gasteiger partial charge in [-0.25, -0.2) is 9.59 Å². The molecule has 1 unspecified atom stereocenters. The first-order valence-electron chi connectivity index (χ1n) is 12.5. The van der Waals surface area contributed by atoms with E-state index in [1.165, 1.54) is 69.9 Å². The zero-order chi connectivity index (χ0) is 22.9. The van der Waals surface area contributed by atoms with Gasteiger partial charge in [0.2, 0.25) is 0 Å². The zero-order valence-electron chi connectivity index (χ0n) is 20.0. The van der Waals surface area contributed by atoms with E-state index in [9.17, 15) is 14.7 Å². The van der Waals surface area contributed by atoms with Crippen molar-refractivity contribution in [2.75, 3.05) is 0 Å². The van der Waals surface area contributed by atoms with Crippen LogP contribution in [-0.2, 0) is 4.74 Å². The van der Waals surface area contributed by atoms with Gasteiger partial charge in [0.05, 0.1) is 11.1 Å². The summed E-state index contributed by atoms with van der Waals surface area (Å²) in [6.45, 7) is 6.72. The smallest absolute Gasteiger partial charge is 0.339 e. The van der Waals surface area contributed by atoms with Crippen molar-refractivity contribution in [2.24, 2.45) is 5.92 Å². The molecule has 1 atom stereocenters. The van der Waals surface area contributed by atoms with Crippen LogP contribution in [0.15, 0.2) is 24.3 Å². The summed E-state index contributed by atoms with van der Waals surface area (Å²) >= 11 is 0. The Labute approximate surface area is 189 Å². The zero-order valence-corrected chi connectivity index (χ0v) is 20.0. The number of unbranched alkanes of at least 4 members (excludes halogenated alkanes) is 9. The van der Waals surface area contributed by atoms with Crippen LogP contribution < -0.4 is 0 Å². The molecule has 4 heteroatoms. The van der Waals surface area contributed by atoms with Crippen LogP contribution in [0.5, 0.6) is 0 Å². The average molecular weight is 433 g/mol. The second-order valence-corrected chi connectivity index (χ2v) is 9.17. The SMILES string of the molecule is CCCCC(CCCCCCCCCCCC(C)C)OC(=O)c1ccccc1C(=O)O. The molecule has 1 N–H and O–H groups in total. The van der Waals surface area contributed by atoms with Gasteiger partial charge in [-0.2, -0.15) is 0 Å². The number of carbonyl (C=O) groups is 2. The summed E-state index contributed by atoms with van der Waals surface area (Å²) in [5.74, 6) is -0.790. The molecule has 0 bridgehead atoms. The molecule has 0 heterocycles. The van der Waals surface area contributed by atoms with Gasteiger partial charge < -0.3 is 9.84 Å². The van der Waals surface area contributed by atoms with Crippen LogP contribution in [0.3, 0.4) is 0 Å². The van der Waals surface area contributed by atoms with Crippen LogP contribution in [0.25, 0.3) is 0 Å². The number of esters is 1. The van der Waals surface area contributed by atoms with E-state index in [0.29, 0.717) is 0 Å². The van der Waals surface area contributed by atoms with Gasteiger partial charge in [0.25, 0.3) is 0 Å². The molecule has 0 saturated carbocycles. The quantitative estimate of drug-likeness (QED) is 0.188. The molecule has 4 nitrogen and oxygen atoms in total. The number of carboxylic acid groups (broad SMARTS) is 1. The van der Waals surface area contributed by atoms with Crippen molar-refractivity contribution in [3.05, 3.63) is 35.4 Å². The second-order valence-electron chi connectivity index (χ2n) is 9.17. The largest absolute Gasteiger partial charge is 0.478 e. The van der Waals surface area contributed by atoms with Crippen molar-refractivity contribution >= 4 is 11.9 Å². The molecule has 0 aliphatic rings. The number of hydrogen-bond acceptors (Lipinski definition) is 3. The summed E-state index contributed by atoms with van der Waals surface area (Å²) in [6.07, 6.45) is 16.5. The lowest BCUT2D eigenvalue weighted by Gasteiger charge is -2.18. The van der Waals surface area contributed by atoms with Gasteiger partial charge in [0.1, 0.15) is 6.10 Å². The van der Waals surface area contributed by atoms with E-state index < -0.39 is 11.9 Å². The number of rotatable bonds is 18. The highest BCUT2D eigenvalue weighted by Crippen LogP contribution is 2.19. The number of carbonyl (C=O) groups excluding carboxylic acids is 1. The van der Waals surface area contributed by atoms with E-state index in [-0.39, 0.29) is 17.2 Å². The number of aromatic carboxylic acids is 1. The van der Waals surface area contributed by atoms with Gasteiger partial charge in [-0.1, -0.05) is 104 Å². The summed E-state index contributed by atoms with van der Waals surface area (Å²) in [5.41, 5.74) is 0.149. The highest BCUT2D eigenvalue weighted by atomic mass is 16.5. The minimum absolute atomic E-state index is 0.00551. The van der Waals surface area contributed by atoms with Gasteiger partial charge in [-0.15, -0.1) is 0 Å². The number of hydrogen-bond donors (Lipinski definition) is 1. The maximum absolute atomic E-state index is 12.6. The molecule has 0 radical (unpaired) electrons. The van der Waals surface area contributed by atoms with Crippen LogP contribution >= 0.6 is 0 Å². The van der Waals surface area contributed by atoms with E-state index in [1.807, 2.05) is 0 Å². The molecule has 0 aliphatic carbocycles. The van der Waals surface area contributed by atoms with E-state index >= 15 is 0 Å².